The van der Waals surface area contributed by atoms with Crippen LogP contribution in [-0.4, -0.2) is 14.2 Å². The second kappa shape index (κ2) is 5.36. The van der Waals surface area contributed by atoms with E-state index in [1.165, 1.54) is 0 Å². The molecule has 0 N–H and O–H groups in total. The Hall–Kier alpha value is -1.61. The summed E-state index contributed by atoms with van der Waals surface area (Å²) in [6.07, 6.45) is 1.63. The highest BCUT2D eigenvalue weighted by Crippen LogP contribution is 2.38. The molecule has 1 unspecified atom stereocenters. The van der Waals surface area contributed by atoms with Gasteiger partial charge in [0, 0.05) is 17.2 Å². The molecule has 0 amide bonds. The fraction of sp³-hybridized carbons (Fsp3) is 0.286. The predicted octanol–water partition coefficient (Wildman–Crippen LogP) is 3.93. The highest BCUT2D eigenvalue weighted by Gasteiger charge is 2.19. The van der Waals surface area contributed by atoms with Crippen molar-refractivity contribution in [2.45, 2.75) is 12.3 Å². The Morgan fingerprint density at radius 1 is 1.11 bits per heavy atom. The first-order valence-electron chi connectivity index (χ1n) is 5.57. The van der Waals surface area contributed by atoms with Crippen LogP contribution in [0.2, 0.25) is 0 Å². The molecule has 0 aliphatic rings. The van der Waals surface area contributed by atoms with Crippen LogP contribution in [0.25, 0.3) is 0 Å². The summed E-state index contributed by atoms with van der Waals surface area (Å²) in [5.41, 5.74) is 1.84. The first-order valence-corrected chi connectivity index (χ1v) is 6.01. The SMILES string of the molecule is COc1ccc(C(Cl)c2ccoc2C)c(OC)c1. The third-order valence-corrected chi connectivity index (χ3v) is 3.36. The Balaban J connectivity index is 2.41. The van der Waals surface area contributed by atoms with Gasteiger partial charge < -0.3 is 13.9 Å². The van der Waals surface area contributed by atoms with Crippen LogP contribution in [0.1, 0.15) is 22.3 Å². The largest absolute Gasteiger partial charge is 0.497 e. The summed E-state index contributed by atoms with van der Waals surface area (Å²) in [6, 6.07) is 7.46. The number of rotatable bonds is 4. The number of hydrogen-bond acceptors (Lipinski definition) is 3. The number of halogens is 1. The summed E-state index contributed by atoms with van der Waals surface area (Å²) in [4.78, 5) is 0. The second-order valence-corrected chi connectivity index (χ2v) is 4.34. The van der Waals surface area contributed by atoms with Gasteiger partial charge >= 0.3 is 0 Å². The van der Waals surface area contributed by atoms with Crippen LogP contribution in [0.4, 0.5) is 0 Å². The van der Waals surface area contributed by atoms with Gasteiger partial charge in [0.15, 0.2) is 0 Å². The molecule has 1 aromatic carbocycles. The van der Waals surface area contributed by atoms with Gasteiger partial charge in [-0.3, -0.25) is 0 Å². The zero-order valence-electron chi connectivity index (χ0n) is 10.6. The molecule has 2 aromatic rings. The number of furan rings is 1. The van der Waals surface area contributed by atoms with Crippen molar-refractivity contribution in [3.63, 3.8) is 0 Å². The van der Waals surface area contributed by atoms with Crippen molar-refractivity contribution in [3.05, 3.63) is 47.4 Å². The molecule has 3 nitrogen and oxygen atoms in total. The summed E-state index contributed by atoms with van der Waals surface area (Å²) in [6.45, 7) is 1.89. The van der Waals surface area contributed by atoms with E-state index in [1.54, 1.807) is 20.5 Å². The molecule has 96 valence electrons. The van der Waals surface area contributed by atoms with Crippen molar-refractivity contribution in [2.24, 2.45) is 0 Å². The molecule has 0 fully saturated rings. The summed E-state index contributed by atoms with van der Waals surface area (Å²) >= 11 is 6.48. The number of alkyl halides is 1. The molecule has 0 spiro atoms. The molecule has 0 saturated heterocycles. The standard InChI is InChI=1S/C14H15ClO3/c1-9-11(6-7-18-9)14(15)12-5-4-10(16-2)8-13(12)17-3/h4-8,14H,1-3H3. The fourth-order valence-electron chi connectivity index (χ4n) is 1.85. The maximum atomic E-state index is 6.48. The van der Waals surface area contributed by atoms with Gasteiger partial charge in [-0.2, -0.15) is 0 Å². The molecule has 1 atom stereocenters. The molecule has 1 aromatic heterocycles. The van der Waals surface area contributed by atoms with E-state index in [2.05, 4.69) is 0 Å². The molecule has 0 saturated carbocycles. The van der Waals surface area contributed by atoms with Crippen molar-refractivity contribution in [1.29, 1.82) is 0 Å². The molecule has 0 bridgehead atoms. The first-order chi connectivity index (χ1) is 8.67. The van der Waals surface area contributed by atoms with E-state index in [-0.39, 0.29) is 5.38 Å². The Morgan fingerprint density at radius 2 is 1.89 bits per heavy atom. The van der Waals surface area contributed by atoms with E-state index in [4.69, 9.17) is 25.5 Å². The van der Waals surface area contributed by atoms with Crippen LogP contribution in [0.15, 0.2) is 34.9 Å². The Bertz CT molecular complexity index is 534. The van der Waals surface area contributed by atoms with Crippen LogP contribution < -0.4 is 9.47 Å². The number of hydrogen-bond donors (Lipinski definition) is 0. The lowest BCUT2D eigenvalue weighted by Crippen LogP contribution is -1.98. The monoisotopic (exact) mass is 266 g/mol. The Morgan fingerprint density at radius 3 is 2.44 bits per heavy atom. The lowest BCUT2D eigenvalue weighted by atomic mass is 10.0. The highest BCUT2D eigenvalue weighted by atomic mass is 35.5. The molecular weight excluding hydrogens is 252 g/mol. The minimum absolute atomic E-state index is 0.301. The summed E-state index contributed by atoms with van der Waals surface area (Å²) in [7, 11) is 3.23. The maximum absolute atomic E-state index is 6.48. The Kier molecular flexibility index (Phi) is 3.82. The zero-order valence-corrected chi connectivity index (χ0v) is 11.3. The van der Waals surface area contributed by atoms with Gasteiger partial charge in [0.2, 0.25) is 0 Å². The van der Waals surface area contributed by atoms with E-state index in [9.17, 15) is 0 Å². The van der Waals surface area contributed by atoms with E-state index < -0.39 is 0 Å². The molecule has 0 aliphatic heterocycles. The number of methoxy groups -OCH3 is 2. The topological polar surface area (TPSA) is 31.6 Å². The summed E-state index contributed by atoms with van der Waals surface area (Å²) < 4.78 is 15.8. The second-order valence-electron chi connectivity index (χ2n) is 3.90. The van der Waals surface area contributed by atoms with Crippen molar-refractivity contribution in [2.75, 3.05) is 14.2 Å². The minimum atomic E-state index is -0.301. The molecular formula is C14H15ClO3. The summed E-state index contributed by atoms with van der Waals surface area (Å²) in [5.74, 6) is 2.26. The van der Waals surface area contributed by atoms with Crippen LogP contribution in [0.3, 0.4) is 0 Å². The number of ether oxygens (including phenoxy) is 2. The van der Waals surface area contributed by atoms with Gasteiger partial charge in [-0.05, 0) is 25.1 Å². The van der Waals surface area contributed by atoms with Crippen LogP contribution >= 0.6 is 11.6 Å². The molecule has 18 heavy (non-hydrogen) atoms. The number of aryl methyl sites for hydroxylation is 1. The van der Waals surface area contributed by atoms with Crippen LogP contribution in [-0.2, 0) is 0 Å². The van der Waals surface area contributed by atoms with Crippen molar-refractivity contribution < 1.29 is 13.9 Å². The number of benzene rings is 1. The lowest BCUT2D eigenvalue weighted by Gasteiger charge is -2.14. The third-order valence-electron chi connectivity index (χ3n) is 2.89. The van der Waals surface area contributed by atoms with Gasteiger partial charge in [-0.25, -0.2) is 0 Å². The third kappa shape index (κ3) is 2.31. The molecule has 2 rings (SSSR count). The quantitative estimate of drug-likeness (QED) is 0.786. The highest BCUT2D eigenvalue weighted by molar-refractivity contribution is 6.22. The molecule has 1 heterocycles. The van der Waals surface area contributed by atoms with Crippen LogP contribution in [0.5, 0.6) is 11.5 Å². The van der Waals surface area contributed by atoms with E-state index in [0.29, 0.717) is 5.75 Å². The van der Waals surface area contributed by atoms with E-state index in [1.807, 2.05) is 31.2 Å². The smallest absolute Gasteiger partial charge is 0.127 e. The van der Waals surface area contributed by atoms with Gasteiger partial charge in [-0.15, -0.1) is 11.6 Å². The van der Waals surface area contributed by atoms with E-state index in [0.717, 1.165) is 22.6 Å². The average molecular weight is 267 g/mol. The maximum Gasteiger partial charge on any atom is 0.127 e. The van der Waals surface area contributed by atoms with Gasteiger partial charge in [0.1, 0.15) is 17.3 Å². The average Bonchev–Trinajstić information content (AvgIpc) is 2.83. The predicted molar refractivity (Wildman–Crippen MR) is 70.7 cm³/mol. The molecule has 0 radical (unpaired) electrons. The Labute approximate surface area is 111 Å². The van der Waals surface area contributed by atoms with Crippen molar-refractivity contribution in [3.8, 4) is 11.5 Å². The van der Waals surface area contributed by atoms with Crippen molar-refractivity contribution in [1.82, 2.24) is 0 Å². The minimum Gasteiger partial charge on any atom is -0.497 e. The first kappa shape index (κ1) is 12.8. The fourth-order valence-corrected chi connectivity index (χ4v) is 2.26. The molecule has 4 heteroatoms. The van der Waals surface area contributed by atoms with Gasteiger partial charge in [0.05, 0.1) is 25.9 Å². The van der Waals surface area contributed by atoms with Crippen LogP contribution in [0, 0.1) is 6.92 Å². The zero-order chi connectivity index (χ0) is 13.1. The van der Waals surface area contributed by atoms with Gasteiger partial charge in [-0.1, -0.05) is 0 Å². The lowest BCUT2D eigenvalue weighted by molar-refractivity contribution is 0.391. The summed E-state index contributed by atoms with van der Waals surface area (Å²) in [5, 5.41) is -0.301. The normalized spacial score (nSPS) is 12.2. The van der Waals surface area contributed by atoms with E-state index >= 15 is 0 Å². The van der Waals surface area contributed by atoms with Crippen molar-refractivity contribution >= 4 is 11.6 Å². The van der Waals surface area contributed by atoms with Gasteiger partial charge in [0.25, 0.3) is 0 Å². The molecule has 0 aliphatic carbocycles.